The molecule has 0 unspecified atom stereocenters. The molecule has 0 saturated carbocycles. The molecule has 0 N–H and O–H groups in total. The highest BCUT2D eigenvalue weighted by molar-refractivity contribution is 7.89. The van der Waals surface area contributed by atoms with Gasteiger partial charge in [0.25, 0.3) is 5.91 Å². The topological polar surface area (TPSA) is 75.5 Å². The summed E-state index contributed by atoms with van der Waals surface area (Å²) >= 11 is 0. The number of amides is 1. The smallest absolute Gasteiger partial charge is 0.257 e. The quantitative estimate of drug-likeness (QED) is 0.785. The lowest BCUT2D eigenvalue weighted by atomic mass is 10.0. The maximum atomic E-state index is 13.3. The lowest BCUT2D eigenvalue weighted by molar-refractivity contribution is 0.0697. The fourth-order valence-electron chi connectivity index (χ4n) is 3.71. The summed E-state index contributed by atoms with van der Waals surface area (Å²) in [4.78, 5) is 14.9. The standard InChI is InChI=1S/C20H28N4O3S/c1-13-11-14(2)16(4)19(15(13)3)28(26,27)24-9-7-23(8-10-24)20(25)18-12-21-22(6)17(18)5/h11-12H,7-10H2,1-6H3. The number of hydrogen-bond donors (Lipinski definition) is 0. The van der Waals surface area contributed by atoms with Crippen molar-refractivity contribution in [1.29, 1.82) is 0 Å². The van der Waals surface area contributed by atoms with Crippen molar-refractivity contribution < 1.29 is 13.2 Å². The SMILES string of the molecule is Cc1cc(C)c(C)c(S(=O)(=O)N2CCN(C(=O)c3cnn(C)c3C)CC2)c1C. The van der Waals surface area contributed by atoms with E-state index in [-0.39, 0.29) is 5.91 Å². The van der Waals surface area contributed by atoms with E-state index in [1.807, 2.05) is 40.7 Å². The molecule has 1 fully saturated rings. The summed E-state index contributed by atoms with van der Waals surface area (Å²) in [5, 5.41) is 4.12. The maximum Gasteiger partial charge on any atom is 0.257 e. The number of aryl methyl sites for hydroxylation is 3. The van der Waals surface area contributed by atoms with E-state index in [0.29, 0.717) is 36.6 Å². The molecule has 28 heavy (non-hydrogen) atoms. The second-order valence-corrected chi connectivity index (χ2v) is 9.43. The molecule has 0 spiro atoms. The van der Waals surface area contributed by atoms with Crippen molar-refractivity contribution in [2.24, 2.45) is 7.05 Å². The summed E-state index contributed by atoms with van der Waals surface area (Å²) in [5.74, 6) is -0.0959. The Morgan fingerprint density at radius 1 is 0.964 bits per heavy atom. The molecule has 8 heteroatoms. The molecule has 0 atom stereocenters. The summed E-state index contributed by atoms with van der Waals surface area (Å²) in [7, 11) is -1.81. The van der Waals surface area contributed by atoms with Crippen LogP contribution in [0.3, 0.4) is 0 Å². The average Bonchev–Trinajstić information content (AvgIpc) is 2.98. The van der Waals surface area contributed by atoms with Crippen molar-refractivity contribution in [3.8, 4) is 0 Å². The predicted molar refractivity (Wildman–Crippen MR) is 108 cm³/mol. The third-order valence-corrected chi connectivity index (χ3v) is 8.06. The van der Waals surface area contributed by atoms with Crippen LogP contribution in [0.2, 0.25) is 0 Å². The first kappa shape index (κ1) is 20.5. The summed E-state index contributed by atoms with van der Waals surface area (Å²) in [6.45, 7) is 10.8. The molecule has 152 valence electrons. The second kappa shape index (κ2) is 7.33. The number of nitrogens with zero attached hydrogens (tertiary/aromatic N) is 4. The van der Waals surface area contributed by atoms with E-state index in [4.69, 9.17) is 0 Å². The number of hydrogen-bond acceptors (Lipinski definition) is 4. The van der Waals surface area contributed by atoms with E-state index < -0.39 is 10.0 Å². The summed E-state index contributed by atoms with van der Waals surface area (Å²) in [6.07, 6.45) is 1.57. The number of aromatic nitrogens is 2. The first-order valence-electron chi connectivity index (χ1n) is 9.41. The van der Waals surface area contributed by atoms with Gasteiger partial charge in [0.15, 0.2) is 0 Å². The third kappa shape index (κ3) is 3.35. The van der Waals surface area contributed by atoms with Crippen LogP contribution < -0.4 is 0 Å². The lowest BCUT2D eigenvalue weighted by Gasteiger charge is -2.34. The molecule has 2 heterocycles. The van der Waals surface area contributed by atoms with Gasteiger partial charge in [-0.3, -0.25) is 9.48 Å². The highest BCUT2D eigenvalue weighted by atomic mass is 32.2. The Labute approximate surface area is 167 Å². The number of rotatable bonds is 3. The van der Waals surface area contributed by atoms with Gasteiger partial charge in [-0.05, 0) is 56.9 Å². The fourth-order valence-corrected chi connectivity index (χ4v) is 5.71. The molecule has 7 nitrogen and oxygen atoms in total. The van der Waals surface area contributed by atoms with Gasteiger partial charge in [-0.25, -0.2) is 8.42 Å². The van der Waals surface area contributed by atoms with Gasteiger partial charge >= 0.3 is 0 Å². The van der Waals surface area contributed by atoms with Crippen molar-refractivity contribution in [1.82, 2.24) is 19.0 Å². The Morgan fingerprint density at radius 3 is 1.96 bits per heavy atom. The van der Waals surface area contributed by atoms with Crippen LogP contribution in [0.25, 0.3) is 0 Å². The van der Waals surface area contributed by atoms with Crippen LogP contribution in [0.15, 0.2) is 17.2 Å². The molecule has 1 aromatic carbocycles. The normalized spacial score (nSPS) is 15.9. The van der Waals surface area contributed by atoms with Crippen molar-refractivity contribution in [3.63, 3.8) is 0 Å². The predicted octanol–water partition coefficient (Wildman–Crippen LogP) is 2.11. The van der Waals surface area contributed by atoms with Gasteiger partial charge in [0.05, 0.1) is 16.7 Å². The van der Waals surface area contributed by atoms with E-state index in [2.05, 4.69) is 5.10 Å². The zero-order chi connectivity index (χ0) is 20.8. The first-order chi connectivity index (χ1) is 13.1. The Hall–Kier alpha value is -2.19. The zero-order valence-corrected chi connectivity index (χ0v) is 18.2. The molecule has 1 amide bonds. The molecule has 0 bridgehead atoms. The molecule has 0 radical (unpaired) electrons. The van der Waals surface area contributed by atoms with Crippen LogP contribution in [0.4, 0.5) is 0 Å². The van der Waals surface area contributed by atoms with E-state index >= 15 is 0 Å². The summed E-state index contributed by atoms with van der Waals surface area (Å²) in [5.41, 5.74) is 4.92. The van der Waals surface area contributed by atoms with Crippen molar-refractivity contribution in [2.45, 2.75) is 39.5 Å². The van der Waals surface area contributed by atoms with E-state index in [1.54, 1.807) is 22.8 Å². The van der Waals surface area contributed by atoms with Crippen LogP contribution in [0.1, 0.15) is 38.3 Å². The largest absolute Gasteiger partial charge is 0.336 e. The fraction of sp³-hybridized carbons (Fsp3) is 0.500. The van der Waals surface area contributed by atoms with Crippen LogP contribution in [0, 0.1) is 34.6 Å². The molecule has 1 aliphatic heterocycles. The molecule has 1 saturated heterocycles. The minimum atomic E-state index is -3.61. The van der Waals surface area contributed by atoms with E-state index in [0.717, 1.165) is 27.9 Å². The Morgan fingerprint density at radius 2 is 1.50 bits per heavy atom. The van der Waals surface area contributed by atoms with E-state index in [1.165, 1.54) is 4.31 Å². The van der Waals surface area contributed by atoms with Gasteiger partial charge in [-0.15, -0.1) is 0 Å². The third-order valence-electron chi connectivity index (χ3n) is 5.89. The molecule has 1 aliphatic rings. The second-order valence-electron chi connectivity index (χ2n) is 7.55. The van der Waals surface area contributed by atoms with Crippen molar-refractivity contribution >= 4 is 15.9 Å². The van der Waals surface area contributed by atoms with Crippen LogP contribution in [-0.2, 0) is 17.1 Å². The molecule has 3 rings (SSSR count). The highest BCUT2D eigenvalue weighted by Gasteiger charge is 2.33. The number of benzene rings is 1. The van der Waals surface area contributed by atoms with E-state index in [9.17, 15) is 13.2 Å². The lowest BCUT2D eigenvalue weighted by Crippen LogP contribution is -2.50. The summed E-state index contributed by atoms with van der Waals surface area (Å²) < 4.78 is 29.9. The molecule has 2 aromatic rings. The minimum absolute atomic E-state index is 0.0959. The summed E-state index contributed by atoms with van der Waals surface area (Å²) in [6, 6.07) is 2.02. The Kier molecular flexibility index (Phi) is 5.38. The van der Waals surface area contributed by atoms with Gasteiger partial charge in [0, 0.05) is 38.9 Å². The van der Waals surface area contributed by atoms with Crippen LogP contribution in [-0.4, -0.2) is 59.5 Å². The van der Waals surface area contributed by atoms with Gasteiger partial charge in [0.1, 0.15) is 0 Å². The Balaban J connectivity index is 1.82. The number of sulfonamides is 1. The maximum absolute atomic E-state index is 13.3. The molecule has 1 aromatic heterocycles. The van der Waals surface area contributed by atoms with Crippen molar-refractivity contribution in [2.75, 3.05) is 26.2 Å². The average molecular weight is 405 g/mol. The Bertz CT molecular complexity index is 1010. The highest BCUT2D eigenvalue weighted by Crippen LogP contribution is 2.29. The number of carbonyl (C=O) groups excluding carboxylic acids is 1. The first-order valence-corrected chi connectivity index (χ1v) is 10.8. The van der Waals surface area contributed by atoms with Gasteiger partial charge in [-0.2, -0.15) is 9.40 Å². The van der Waals surface area contributed by atoms with Crippen LogP contribution in [0.5, 0.6) is 0 Å². The van der Waals surface area contributed by atoms with Gasteiger partial charge < -0.3 is 4.90 Å². The number of carbonyl (C=O) groups is 1. The molecular formula is C20H28N4O3S. The minimum Gasteiger partial charge on any atom is -0.336 e. The van der Waals surface area contributed by atoms with Gasteiger partial charge in [-0.1, -0.05) is 6.07 Å². The van der Waals surface area contributed by atoms with Gasteiger partial charge in [0.2, 0.25) is 10.0 Å². The number of piperazine rings is 1. The monoisotopic (exact) mass is 404 g/mol. The van der Waals surface area contributed by atoms with Crippen molar-refractivity contribution in [3.05, 3.63) is 45.8 Å². The molecule has 0 aliphatic carbocycles. The zero-order valence-electron chi connectivity index (χ0n) is 17.4. The molecular weight excluding hydrogens is 376 g/mol. The van der Waals surface area contributed by atoms with Crippen LogP contribution >= 0.6 is 0 Å².